The Bertz CT molecular complexity index is 75.8. The van der Waals surface area contributed by atoms with E-state index >= 15 is 0 Å². The molecule has 0 aromatic carbocycles. The number of isocyanates is 2. The highest BCUT2D eigenvalue weighted by molar-refractivity contribution is 5.26. The Balaban J connectivity index is -0.000000000184. The predicted octanol–water partition coefficient (Wildman–Crippen LogP) is 17.6. The predicted molar refractivity (Wildman–Crippen MR) is 205 cm³/mol. The van der Waals surface area contributed by atoms with Crippen molar-refractivity contribution in [2.24, 2.45) is 0 Å². The fraction of sp³-hybridized carbons (Fsp3) is 0.933. The lowest BCUT2D eigenvalue weighted by molar-refractivity contribution is 0.562. The largest absolute Gasteiger partial charge is 0.231 e. The Labute approximate surface area is 240 Å². The molecule has 0 aliphatic carbocycles. The van der Waals surface area contributed by atoms with Crippen molar-refractivity contribution in [2.45, 2.75) is 208 Å². The molecule has 0 rings (SSSR count). The van der Waals surface area contributed by atoms with Gasteiger partial charge in [-0.1, -0.05) is 208 Å². The van der Waals surface area contributed by atoms with Gasteiger partial charge in [-0.3, -0.25) is 0 Å². The molecule has 0 unspecified atom stereocenters. The van der Waals surface area contributed by atoms with E-state index in [9.17, 15) is 0 Å². The quantitative estimate of drug-likeness (QED) is 0.239. The average molecular weight is 535 g/mol. The third-order valence-corrected chi connectivity index (χ3v) is 0. The van der Waals surface area contributed by atoms with Crippen LogP contribution in [-0.4, -0.2) is 12.2 Å². The van der Waals surface area contributed by atoms with E-state index in [1.165, 1.54) is 0 Å². The van der Waals surface area contributed by atoms with Gasteiger partial charge >= 0.3 is 0 Å². The Kier molecular flexibility index (Phi) is 6640000. The molecule has 0 fully saturated rings. The zero-order valence-electron chi connectivity index (χ0n) is 2.82. The topological polar surface area (TPSA) is 81.8 Å². The minimum Gasteiger partial charge on any atom is -0.222 e. The fourth-order valence-electron chi connectivity index (χ4n) is 0. The normalized spacial score (nSPS) is 0.471. The van der Waals surface area contributed by atoms with Gasteiger partial charge in [0.05, 0.1) is 0 Å². The summed E-state index contributed by atoms with van der Waals surface area (Å²) >= 11 is 0. The molecule has 0 amide bonds. The maximum absolute atomic E-state index is 8.35. The van der Waals surface area contributed by atoms with Gasteiger partial charge in [-0.25, -0.2) is 20.4 Å². The zero-order chi connectivity index (χ0) is 5.41. The van der Waals surface area contributed by atoms with Gasteiger partial charge in [-0.2, -0.15) is 0 Å². The third-order valence-electron chi connectivity index (χ3n) is 0. The first-order valence-corrected chi connectivity index (χ1v) is 0.908. The molecule has 0 saturated carbocycles. The van der Waals surface area contributed by atoms with Crippen molar-refractivity contribution in [3.05, 3.63) is 0 Å². The SMILES string of the molecule is C.C.C.C.C.C.C.C.C.C.C.C.C.C.C.C.C.C.C.C.C.C.C.C.C.C.C.C.N=C=O.N=C=O. The molecule has 0 saturated heterocycles. The summed E-state index contributed by atoms with van der Waals surface area (Å²) in [6.45, 7) is 0. The number of carbonyl (C=O) groups excluding carboxylic acids is 2. The van der Waals surface area contributed by atoms with Crippen LogP contribution in [0.5, 0.6) is 0 Å². The summed E-state index contributed by atoms with van der Waals surface area (Å²) in [6.07, 6.45) is 1.50. The van der Waals surface area contributed by atoms with Crippen LogP contribution >= 0.6 is 0 Å². The van der Waals surface area contributed by atoms with E-state index in [4.69, 9.17) is 20.4 Å². The molecule has 2 N–H and O–H groups in total. The molecule has 0 radical (unpaired) electrons. The molecule has 0 spiro atoms. The number of hydrogen-bond donors (Lipinski definition) is 2. The van der Waals surface area contributed by atoms with Crippen LogP contribution in [0.4, 0.5) is 0 Å². The van der Waals surface area contributed by atoms with Crippen molar-refractivity contribution in [1.82, 2.24) is 0 Å². The molecule has 0 aliphatic rings. The first-order valence-electron chi connectivity index (χ1n) is 0.908. The highest BCUT2D eigenvalue weighted by Crippen LogP contribution is 0.871. The second-order valence-corrected chi connectivity index (χ2v) is 0.204. The van der Waals surface area contributed by atoms with Crippen molar-refractivity contribution in [1.29, 1.82) is 10.8 Å². The van der Waals surface area contributed by atoms with Gasteiger partial charge in [0.1, 0.15) is 0 Å². The summed E-state index contributed by atoms with van der Waals surface area (Å²) in [7, 11) is 0. The molecule has 0 aromatic rings. The Morgan fingerprint density at radius 3 is 0.206 bits per heavy atom. The molecule has 0 bridgehead atoms. The minimum atomic E-state index is 0. The van der Waals surface area contributed by atoms with Crippen molar-refractivity contribution in [3.8, 4) is 0 Å². The summed E-state index contributed by atoms with van der Waals surface area (Å²) in [5, 5.41) is 10.8. The van der Waals surface area contributed by atoms with Crippen LogP contribution < -0.4 is 0 Å². The number of nitrogens with one attached hydrogen (secondary N) is 2. The number of rotatable bonds is 0. The standard InChI is InChI=1S/2CHNO.28CH4/c2*2-1-3;;;;;;;;;;;;;;;;;;;;;;;;;;;;/h2*2H;28*1H4. The van der Waals surface area contributed by atoms with E-state index < -0.39 is 0 Å². The van der Waals surface area contributed by atoms with Gasteiger partial charge < -0.3 is 0 Å². The van der Waals surface area contributed by atoms with Crippen LogP contribution in [-0.2, 0) is 9.59 Å². The molecular formula is C30H114N2O2. The van der Waals surface area contributed by atoms with E-state index in [-0.39, 0.29) is 208 Å². The van der Waals surface area contributed by atoms with E-state index in [1.54, 1.807) is 0 Å². The highest BCUT2D eigenvalue weighted by atomic mass is 16.1. The molecule has 0 heterocycles. The summed E-state index contributed by atoms with van der Waals surface area (Å²) < 4.78 is 0. The van der Waals surface area contributed by atoms with Gasteiger partial charge in [0.25, 0.3) is 0 Å². The van der Waals surface area contributed by atoms with Gasteiger partial charge in [0.2, 0.25) is 12.2 Å². The average Bonchev–Trinajstić information content (AvgIpc) is 1.39. The van der Waals surface area contributed by atoms with Crippen molar-refractivity contribution in [3.63, 3.8) is 0 Å². The van der Waals surface area contributed by atoms with Crippen LogP contribution in [0.3, 0.4) is 0 Å². The lowest BCUT2D eigenvalue weighted by atomic mass is 11.7. The third kappa shape index (κ3) is 17700. The Hall–Kier alpha value is -1.24. The molecule has 34 heavy (non-hydrogen) atoms. The van der Waals surface area contributed by atoms with E-state index in [1.807, 2.05) is 0 Å². The molecule has 0 aliphatic heterocycles. The monoisotopic (exact) mass is 535 g/mol. The van der Waals surface area contributed by atoms with E-state index in [0.29, 0.717) is 0 Å². The second-order valence-electron chi connectivity index (χ2n) is 0.204. The summed E-state index contributed by atoms with van der Waals surface area (Å²) in [5.41, 5.74) is 0. The van der Waals surface area contributed by atoms with Crippen LogP contribution in [0.25, 0.3) is 0 Å². The smallest absolute Gasteiger partial charge is 0.222 e. The van der Waals surface area contributed by atoms with Gasteiger partial charge in [-0.15, -0.1) is 0 Å². The van der Waals surface area contributed by atoms with E-state index in [2.05, 4.69) is 0 Å². The molecule has 256 valence electrons. The zero-order valence-corrected chi connectivity index (χ0v) is 2.82. The maximum atomic E-state index is 8.35. The number of hydrogen-bond acceptors (Lipinski definition) is 4. The first kappa shape index (κ1) is 4340. The minimum absolute atomic E-state index is 0. The van der Waals surface area contributed by atoms with Gasteiger partial charge in [0.15, 0.2) is 0 Å². The lowest BCUT2D eigenvalue weighted by Crippen LogP contribution is -1.16. The van der Waals surface area contributed by atoms with Crippen molar-refractivity contribution < 1.29 is 9.59 Å². The Morgan fingerprint density at radius 2 is 0.206 bits per heavy atom. The molecule has 0 atom stereocenters. The van der Waals surface area contributed by atoms with E-state index in [0.717, 1.165) is 12.2 Å². The van der Waals surface area contributed by atoms with Crippen molar-refractivity contribution >= 4 is 12.2 Å². The highest BCUT2D eigenvalue weighted by Gasteiger charge is 1.04. The lowest BCUT2D eigenvalue weighted by Gasteiger charge is -1.02. The summed E-state index contributed by atoms with van der Waals surface area (Å²) in [5.74, 6) is 0. The van der Waals surface area contributed by atoms with Crippen LogP contribution in [0.15, 0.2) is 0 Å². The summed E-state index contributed by atoms with van der Waals surface area (Å²) in [6, 6.07) is 0. The molecular weight excluding hydrogens is 420 g/mol. The molecule has 4 nitrogen and oxygen atoms in total. The maximum Gasteiger partial charge on any atom is 0.231 e. The van der Waals surface area contributed by atoms with Gasteiger partial charge in [0, 0.05) is 0 Å². The fourth-order valence-corrected chi connectivity index (χ4v) is 0. The molecule has 0 aromatic heterocycles. The summed E-state index contributed by atoms with van der Waals surface area (Å²) in [4.78, 5) is 16.7. The molecule has 4 heteroatoms. The van der Waals surface area contributed by atoms with Gasteiger partial charge in [-0.05, 0) is 0 Å². The van der Waals surface area contributed by atoms with Crippen molar-refractivity contribution in [2.75, 3.05) is 0 Å². The van der Waals surface area contributed by atoms with Crippen LogP contribution in [0.1, 0.15) is 208 Å². The second kappa shape index (κ2) is 52000. The Morgan fingerprint density at radius 1 is 0.206 bits per heavy atom. The van der Waals surface area contributed by atoms with Crippen LogP contribution in [0, 0.1) is 10.8 Å². The first-order chi connectivity index (χ1) is 2.83. The van der Waals surface area contributed by atoms with Crippen LogP contribution in [0.2, 0.25) is 0 Å².